The largest absolute Gasteiger partial charge is 0.497 e. The van der Waals surface area contributed by atoms with Crippen LogP contribution in [0.4, 0.5) is 0 Å². The molecule has 126 valence electrons. The third-order valence-electron chi connectivity index (χ3n) is 3.68. The van der Waals surface area contributed by atoms with Crippen molar-refractivity contribution in [2.75, 3.05) is 26.9 Å². The number of morpholine rings is 1. The fraction of sp³-hybridized carbons (Fsp3) is 0.500. The molecule has 1 saturated heterocycles. The van der Waals surface area contributed by atoms with Crippen molar-refractivity contribution in [3.63, 3.8) is 0 Å². The SMILES string of the molecule is COc1cccc(CO[C@H](C)C(=O)N2CCOC[C@H]2C(=O)O)c1. The van der Waals surface area contributed by atoms with E-state index in [1.807, 2.05) is 24.3 Å². The number of hydrogen-bond donors (Lipinski definition) is 1. The van der Waals surface area contributed by atoms with Crippen LogP contribution in [0.3, 0.4) is 0 Å². The van der Waals surface area contributed by atoms with Gasteiger partial charge in [-0.05, 0) is 24.6 Å². The molecule has 2 rings (SSSR count). The molecule has 7 heteroatoms. The van der Waals surface area contributed by atoms with Gasteiger partial charge in [-0.1, -0.05) is 12.1 Å². The van der Waals surface area contributed by atoms with Crippen molar-refractivity contribution in [1.82, 2.24) is 4.90 Å². The Morgan fingerprint density at radius 3 is 2.96 bits per heavy atom. The molecule has 2 atom stereocenters. The van der Waals surface area contributed by atoms with E-state index in [0.717, 1.165) is 5.56 Å². The van der Waals surface area contributed by atoms with Crippen LogP contribution in [0.2, 0.25) is 0 Å². The molecule has 1 N–H and O–H groups in total. The monoisotopic (exact) mass is 323 g/mol. The van der Waals surface area contributed by atoms with Crippen LogP contribution in [-0.2, 0) is 25.7 Å². The molecule has 0 aromatic heterocycles. The van der Waals surface area contributed by atoms with Gasteiger partial charge in [0, 0.05) is 6.54 Å². The summed E-state index contributed by atoms with van der Waals surface area (Å²) in [6, 6.07) is 6.40. The van der Waals surface area contributed by atoms with Crippen molar-refractivity contribution in [2.45, 2.75) is 25.7 Å². The van der Waals surface area contributed by atoms with Crippen LogP contribution in [0.5, 0.6) is 5.75 Å². The minimum Gasteiger partial charge on any atom is -0.497 e. The lowest BCUT2D eigenvalue weighted by Crippen LogP contribution is -2.55. The molecule has 7 nitrogen and oxygen atoms in total. The average Bonchev–Trinajstić information content (AvgIpc) is 2.59. The summed E-state index contributed by atoms with van der Waals surface area (Å²) in [4.78, 5) is 24.9. The number of carboxylic acid groups (broad SMARTS) is 1. The van der Waals surface area contributed by atoms with E-state index >= 15 is 0 Å². The summed E-state index contributed by atoms with van der Waals surface area (Å²) >= 11 is 0. The van der Waals surface area contributed by atoms with Crippen molar-refractivity contribution in [3.8, 4) is 5.75 Å². The minimum absolute atomic E-state index is 0.00365. The predicted molar refractivity (Wildman–Crippen MR) is 81.2 cm³/mol. The number of hydrogen-bond acceptors (Lipinski definition) is 5. The van der Waals surface area contributed by atoms with Crippen LogP contribution in [0, 0.1) is 0 Å². The smallest absolute Gasteiger partial charge is 0.328 e. The van der Waals surface area contributed by atoms with Gasteiger partial charge < -0.3 is 24.2 Å². The first-order valence-electron chi connectivity index (χ1n) is 7.38. The number of benzene rings is 1. The van der Waals surface area contributed by atoms with Gasteiger partial charge in [-0.2, -0.15) is 0 Å². The number of carbonyl (C=O) groups excluding carboxylic acids is 1. The van der Waals surface area contributed by atoms with Crippen LogP contribution in [0.25, 0.3) is 0 Å². The average molecular weight is 323 g/mol. The Bertz CT molecular complexity index is 561. The summed E-state index contributed by atoms with van der Waals surface area (Å²) in [5.74, 6) is -0.703. The van der Waals surface area contributed by atoms with Gasteiger partial charge in [0.25, 0.3) is 5.91 Å². The molecule has 1 aromatic rings. The molecule has 1 fully saturated rings. The fourth-order valence-corrected chi connectivity index (χ4v) is 2.36. The number of aliphatic carboxylic acids is 1. The molecular weight excluding hydrogens is 302 g/mol. The maximum Gasteiger partial charge on any atom is 0.328 e. The van der Waals surface area contributed by atoms with Crippen LogP contribution >= 0.6 is 0 Å². The highest BCUT2D eigenvalue weighted by molar-refractivity contribution is 5.86. The molecule has 0 bridgehead atoms. The first-order chi connectivity index (χ1) is 11.0. The third-order valence-corrected chi connectivity index (χ3v) is 3.68. The number of methoxy groups -OCH3 is 1. The summed E-state index contributed by atoms with van der Waals surface area (Å²) in [6.45, 7) is 2.45. The van der Waals surface area contributed by atoms with Crippen molar-refractivity contribution in [2.24, 2.45) is 0 Å². The normalized spacial score (nSPS) is 19.2. The molecule has 0 unspecified atom stereocenters. The summed E-state index contributed by atoms with van der Waals surface area (Å²) in [5, 5.41) is 9.18. The zero-order chi connectivity index (χ0) is 16.8. The van der Waals surface area contributed by atoms with Gasteiger partial charge in [0.1, 0.15) is 11.9 Å². The Hall–Kier alpha value is -2.12. The second-order valence-electron chi connectivity index (χ2n) is 5.27. The van der Waals surface area contributed by atoms with Gasteiger partial charge in [-0.15, -0.1) is 0 Å². The Morgan fingerprint density at radius 2 is 2.26 bits per heavy atom. The molecule has 1 heterocycles. The van der Waals surface area contributed by atoms with E-state index in [1.54, 1.807) is 14.0 Å². The van der Waals surface area contributed by atoms with Gasteiger partial charge >= 0.3 is 5.97 Å². The van der Waals surface area contributed by atoms with E-state index in [4.69, 9.17) is 14.2 Å². The second-order valence-corrected chi connectivity index (χ2v) is 5.27. The second kappa shape index (κ2) is 7.94. The lowest BCUT2D eigenvalue weighted by atomic mass is 10.2. The van der Waals surface area contributed by atoms with Gasteiger partial charge in [0.2, 0.25) is 0 Å². The highest BCUT2D eigenvalue weighted by Crippen LogP contribution is 2.15. The highest BCUT2D eigenvalue weighted by atomic mass is 16.5. The van der Waals surface area contributed by atoms with E-state index in [-0.39, 0.29) is 25.7 Å². The van der Waals surface area contributed by atoms with Crippen LogP contribution < -0.4 is 4.74 Å². The van der Waals surface area contributed by atoms with Crippen LogP contribution in [0.15, 0.2) is 24.3 Å². The summed E-state index contributed by atoms with van der Waals surface area (Å²) < 4.78 is 15.9. The summed E-state index contributed by atoms with van der Waals surface area (Å²) in [6.07, 6.45) is -0.735. The Labute approximate surface area is 134 Å². The highest BCUT2D eigenvalue weighted by Gasteiger charge is 2.35. The Balaban J connectivity index is 1.94. The predicted octanol–water partition coefficient (Wildman–Crippen LogP) is 0.912. The third kappa shape index (κ3) is 4.43. The topological polar surface area (TPSA) is 85.3 Å². The molecule has 1 aliphatic rings. The van der Waals surface area contributed by atoms with E-state index in [9.17, 15) is 14.7 Å². The number of carboxylic acids is 1. The molecule has 0 aliphatic carbocycles. The Morgan fingerprint density at radius 1 is 1.48 bits per heavy atom. The molecule has 1 aromatic carbocycles. The zero-order valence-electron chi connectivity index (χ0n) is 13.2. The van der Waals surface area contributed by atoms with Crippen molar-refractivity contribution in [3.05, 3.63) is 29.8 Å². The van der Waals surface area contributed by atoms with E-state index in [0.29, 0.717) is 12.4 Å². The molecule has 1 aliphatic heterocycles. The maximum absolute atomic E-state index is 12.4. The van der Waals surface area contributed by atoms with Crippen LogP contribution in [0.1, 0.15) is 12.5 Å². The van der Waals surface area contributed by atoms with E-state index in [2.05, 4.69) is 0 Å². The van der Waals surface area contributed by atoms with Gasteiger partial charge in [0.15, 0.2) is 6.04 Å². The quantitative estimate of drug-likeness (QED) is 0.838. The van der Waals surface area contributed by atoms with Gasteiger partial charge in [-0.25, -0.2) is 4.79 Å². The minimum atomic E-state index is -1.07. The van der Waals surface area contributed by atoms with E-state index < -0.39 is 18.1 Å². The first-order valence-corrected chi connectivity index (χ1v) is 7.38. The van der Waals surface area contributed by atoms with Gasteiger partial charge in [-0.3, -0.25) is 4.79 Å². The molecule has 1 amide bonds. The van der Waals surface area contributed by atoms with Crippen molar-refractivity contribution >= 4 is 11.9 Å². The number of nitrogens with zero attached hydrogens (tertiary/aromatic N) is 1. The summed E-state index contributed by atoms with van der Waals surface area (Å²) in [5.41, 5.74) is 0.876. The lowest BCUT2D eigenvalue weighted by molar-refractivity contribution is -0.164. The summed E-state index contributed by atoms with van der Waals surface area (Å²) in [7, 11) is 1.58. The Kier molecular flexibility index (Phi) is 5.95. The molecule has 0 saturated carbocycles. The number of rotatable bonds is 6. The fourth-order valence-electron chi connectivity index (χ4n) is 2.36. The number of amides is 1. The molecule has 0 radical (unpaired) electrons. The number of carbonyl (C=O) groups is 2. The molecule has 23 heavy (non-hydrogen) atoms. The van der Waals surface area contributed by atoms with Gasteiger partial charge in [0.05, 0.1) is 26.9 Å². The standard InChI is InChI=1S/C16H21NO6/c1-11(23-9-12-4-3-5-13(8-12)21-2)15(18)17-6-7-22-10-14(17)16(19)20/h3-5,8,11,14H,6-7,9-10H2,1-2H3,(H,19,20)/t11-,14+/m1/s1. The van der Waals surface area contributed by atoms with Crippen molar-refractivity contribution < 1.29 is 28.9 Å². The first kappa shape index (κ1) is 17.2. The molecular formula is C16H21NO6. The van der Waals surface area contributed by atoms with Crippen molar-refractivity contribution in [1.29, 1.82) is 0 Å². The zero-order valence-corrected chi connectivity index (χ0v) is 13.2. The maximum atomic E-state index is 12.4. The lowest BCUT2D eigenvalue weighted by Gasteiger charge is -2.34. The number of ether oxygens (including phenoxy) is 3. The van der Waals surface area contributed by atoms with Crippen LogP contribution in [-0.4, -0.2) is 60.9 Å². The molecule has 0 spiro atoms. The van der Waals surface area contributed by atoms with E-state index in [1.165, 1.54) is 4.90 Å².